The number of thioether (sulfide) groups is 1. The molecule has 1 fully saturated rings. The highest BCUT2D eigenvalue weighted by Gasteiger charge is 2.39. The van der Waals surface area contributed by atoms with Crippen LogP contribution < -0.4 is 0 Å². The number of carbonyl (C=O) groups excluding carboxylic acids is 2. The first-order valence-electron chi connectivity index (χ1n) is 12.1. The van der Waals surface area contributed by atoms with Gasteiger partial charge in [0.2, 0.25) is 0 Å². The number of para-hydroxylation sites is 1. The lowest BCUT2D eigenvalue weighted by molar-refractivity contribution is -0.132. The number of amides is 2. The lowest BCUT2D eigenvalue weighted by Gasteiger charge is -2.39. The summed E-state index contributed by atoms with van der Waals surface area (Å²) in [5.74, 6) is 1.12. The topological polar surface area (TPSA) is 66.1 Å². The molecule has 1 aromatic heterocycles. The van der Waals surface area contributed by atoms with Gasteiger partial charge in [0.05, 0.1) is 12.0 Å². The van der Waals surface area contributed by atoms with Gasteiger partial charge < -0.3 is 9.32 Å². The number of fused-ring (bicyclic) bond motifs is 1. The maximum absolute atomic E-state index is 14.1. The largest absolute Gasteiger partial charge is 0.459 e. The van der Waals surface area contributed by atoms with E-state index in [2.05, 4.69) is 19.9 Å². The van der Waals surface area contributed by atoms with Gasteiger partial charge in [0.1, 0.15) is 6.04 Å². The second-order valence-electron chi connectivity index (χ2n) is 9.20. The van der Waals surface area contributed by atoms with Gasteiger partial charge in [-0.3, -0.25) is 14.5 Å². The number of rotatable bonds is 4. The van der Waals surface area contributed by atoms with E-state index in [0.717, 1.165) is 34.6 Å². The van der Waals surface area contributed by atoms with Crippen LogP contribution >= 0.6 is 11.8 Å². The minimum atomic E-state index is -0.619. The molecule has 3 aromatic rings. The molecule has 0 bridgehead atoms. The van der Waals surface area contributed by atoms with Gasteiger partial charge in [0, 0.05) is 25.3 Å². The lowest BCUT2D eigenvalue weighted by Crippen LogP contribution is -2.55. The van der Waals surface area contributed by atoms with Gasteiger partial charge in [-0.05, 0) is 47.2 Å². The molecule has 6 nitrogen and oxygen atoms in total. The number of carbonyl (C=O) groups is 2. The predicted octanol–water partition coefficient (Wildman–Crippen LogP) is 5.62. The lowest BCUT2D eigenvalue weighted by atomic mass is 9.93. The van der Waals surface area contributed by atoms with Crippen molar-refractivity contribution in [1.29, 1.82) is 0 Å². The van der Waals surface area contributed by atoms with Crippen LogP contribution in [0.25, 0.3) is 0 Å². The van der Waals surface area contributed by atoms with Gasteiger partial charge in [-0.2, -0.15) is 0 Å². The zero-order valence-corrected chi connectivity index (χ0v) is 20.8. The summed E-state index contributed by atoms with van der Waals surface area (Å²) in [6, 6.07) is 18.8. The fourth-order valence-electron chi connectivity index (χ4n) is 4.72. The molecular weight excluding hydrogens is 458 g/mol. The van der Waals surface area contributed by atoms with Gasteiger partial charge in [-0.15, -0.1) is 0 Å². The normalized spacial score (nSPS) is 19.2. The van der Waals surface area contributed by atoms with Gasteiger partial charge in [0.15, 0.2) is 10.9 Å². The fraction of sp³-hybridized carbons (Fsp3) is 0.321. The van der Waals surface area contributed by atoms with Crippen LogP contribution in [0.4, 0.5) is 5.69 Å². The molecule has 2 aromatic carbocycles. The summed E-state index contributed by atoms with van der Waals surface area (Å²) in [6.07, 6.45) is 2.84. The number of hydrogen-bond donors (Lipinski definition) is 0. The SMILES string of the molecule is CC(C)c1ccccc1N=C1SCCCN1C(=O)[C@H]1Cc2ccccc2CN1C(=O)c1ccco1. The van der Waals surface area contributed by atoms with Crippen LogP contribution in [0, 0.1) is 0 Å². The average molecular weight is 488 g/mol. The Labute approximate surface area is 210 Å². The van der Waals surface area contributed by atoms with Crippen molar-refractivity contribution in [1.82, 2.24) is 9.80 Å². The van der Waals surface area contributed by atoms with Gasteiger partial charge >= 0.3 is 0 Å². The number of nitrogens with zero attached hydrogens (tertiary/aromatic N) is 3. The second-order valence-corrected chi connectivity index (χ2v) is 10.3. The van der Waals surface area contributed by atoms with E-state index < -0.39 is 6.04 Å². The Kier molecular flexibility index (Phi) is 6.77. The van der Waals surface area contributed by atoms with Crippen molar-refractivity contribution in [2.45, 2.75) is 45.2 Å². The van der Waals surface area contributed by atoms with E-state index >= 15 is 0 Å². The number of benzene rings is 2. The summed E-state index contributed by atoms with van der Waals surface area (Å²) in [7, 11) is 0. The number of hydrogen-bond acceptors (Lipinski definition) is 5. The Hall–Kier alpha value is -3.32. The molecule has 0 aliphatic carbocycles. The third-order valence-electron chi connectivity index (χ3n) is 6.56. The molecule has 1 atom stereocenters. The highest BCUT2D eigenvalue weighted by Crippen LogP contribution is 2.32. The van der Waals surface area contributed by atoms with E-state index in [4.69, 9.17) is 9.41 Å². The Morgan fingerprint density at radius 3 is 2.57 bits per heavy atom. The van der Waals surface area contributed by atoms with Crippen LogP contribution in [0.3, 0.4) is 0 Å². The highest BCUT2D eigenvalue weighted by molar-refractivity contribution is 8.13. The maximum Gasteiger partial charge on any atom is 0.290 e. The van der Waals surface area contributed by atoms with Gasteiger partial charge in [0.25, 0.3) is 11.8 Å². The number of amidine groups is 1. The molecule has 35 heavy (non-hydrogen) atoms. The van der Waals surface area contributed by atoms with Gasteiger partial charge in [-0.1, -0.05) is 68.1 Å². The molecule has 2 aliphatic heterocycles. The number of furan rings is 1. The zero-order chi connectivity index (χ0) is 24.4. The van der Waals surface area contributed by atoms with E-state index in [0.29, 0.717) is 30.6 Å². The third-order valence-corrected chi connectivity index (χ3v) is 7.62. The van der Waals surface area contributed by atoms with E-state index in [1.807, 2.05) is 42.5 Å². The van der Waals surface area contributed by atoms with E-state index in [-0.39, 0.29) is 17.6 Å². The minimum absolute atomic E-state index is 0.0904. The van der Waals surface area contributed by atoms with Crippen molar-refractivity contribution >= 4 is 34.4 Å². The van der Waals surface area contributed by atoms with Crippen LogP contribution in [0.5, 0.6) is 0 Å². The predicted molar refractivity (Wildman–Crippen MR) is 139 cm³/mol. The van der Waals surface area contributed by atoms with Crippen molar-refractivity contribution in [2.75, 3.05) is 12.3 Å². The van der Waals surface area contributed by atoms with E-state index in [1.54, 1.807) is 33.7 Å². The summed E-state index contributed by atoms with van der Waals surface area (Å²) in [5.41, 5.74) is 4.20. The molecule has 3 heterocycles. The molecule has 2 amide bonds. The molecule has 1 saturated heterocycles. The van der Waals surface area contributed by atoms with Crippen LogP contribution in [0.2, 0.25) is 0 Å². The zero-order valence-electron chi connectivity index (χ0n) is 20.0. The Bertz CT molecular complexity index is 1250. The summed E-state index contributed by atoms with van der Waals surface area (Å²) in [4.78, 5) is 35.9. The van der Waals surface area contributed by atoms with E-state index in [1.165, 1.54) is 6.26 Å². The molecule has 0 spiro atoms. The summed E-state index contributed by atoms with van der Waals surface area (Å²) in [6.45, 7) is 5.26. The summed E-state index contributed by atoms with van der Waals surface area (Å²) in [5, 5.41) is 0.707. The molecule has 7 heteroatoms. The molecule has 0 N–H and O–H groups in total. The fourth-order valence-corrected chi connectivity index (χ4v) is 5.67. The van der Waals surface area contributed by atoms with Crippen molar-refractivity contribution in [2.24, 2.45) is 4.99 Å². The molecule has 5 rings (SSSR count). The summed E-state index contributed by atoms with van der Waals surface area (Å²) >= 11 is 1.61. The first kappa shape index (κ1) is 23.4. The Morgan fingerprint density at radius 2 is 1.80 bits per heavy atom. The van der Waals surface area contributed by atoms with Crippen molar-refractivity contribution in [3.05, 3.63) is 89.4 Å². The van der Waals surface area contributed by atoms with Crippen LogP contribution in [0.15, 0.2) is 76.3 Å². The smallest absolute Gasteiger partial charge is 0.290 e. The standard InChI is InChI=1S/C28H29N3O3S/c1-19(2)22-11-5-6-12-23(22)29-28-30(14-8-16-35-28)26(32)24-17-20-9-3-4-10-21(20)18-31(24)27(33)25-13-7-15-34-25/h3-7,9-13,15,19,24H,8,14,16-18H2,1-2H3/t24-/m1/s1. The quantitative estimate of drug-likeness (QED) is 0.479. The molecule has 0 unspecified atom stereocenters. The molecule has 0 radical (unpaired) electrons. The first-order chi connectivity index (χ1) is 17.0. The van der Waals surface area contributed by atoms with Crippen molar-refractivity contribution in [3.63, 3.8) is 0 Å². The Morgan fingerprint density at radius 1 is 1.03 bits per heavy atom. The first-order valence-corrected chi connectivity index (χ1v) is 13.0. The highest BCUT2D eigenvalue weighted by atomic mass is 32.2. The number of aliphatic imine (C=N–C) groups is 1. The van der Waals surface area contributed by atoms with Crippen LogP contribution in [-0.2, 0) is 17.8 Å². The molecular formula is C28H29N3O3S. The molecule has 180 valence electrons. The Balaban J connectivity index is 1.50. The van der Waals surface area contributed by atoms with Crippen molar-refractivity contribution < 1.29 is 14.0 Å². The summed E-state index contributed by atoms with van der Waals surface area (Å²) < 4.78 is 5.40. The second kappa shape index (κ2) is 10.1. The van der Waals surface area contributed by atoms with Gasteiger partial charge in [-0.25, -0.2) is 4.99 Å². The molecule has 2 aliphatic rings. The average Bonchev–Trinajstić information content (AvgIpc) is 3.43. The third kappa shape index (κ3) is 4.78. The van der Waals surface area contributed by atoms with Crippen LogP contribution in [0.1, 0.15) is 53.4 Å². The molecule has 0 saturated carbocycles. The van der Waals surface area contributed by atoms with Crippen LogP contribution in [-0.4, -0.2) is 45.1 Å². The van der Waals surface area contributed by atoms with Crippen molar-refractivity contribution in [3.8, 4) is 0 Å². The minimum Gasteiger partial charge on any atom is -0.459 e. The van der Waals surface area contributed by atoms with E-state index in [9.17, 15) is 9.59 Å². The monoisotopic (exact) mass is 487 g/mol. The maximum atomic E-state index is 14.1.